The second-order valence-electron chi connectivity index (χ2n) is 5.06. The average Bonchev–Trinajstić information content (AvgIpc) is 3.01. The molecule has 0 spiro atoms. The van der Waals surface area contributed by atoms with E-state index < -0.39 is 5.97 Å². The molecule has 1 aromatic heterocycles. The largest absolute Gasteiger partial charge is 0.481 e. The predicted molar refractivity (Wildman–Crippen MR) is 97.8 cm³/mol. The Morgan fingerprint density at radius 3 is 2.92 bits per heavy atom. The lowest BCUT2D eigenvalue weighted by molar-refractivity contribution is -0.136. The molecule has 5 nitrogen and oxygen atoms in total. The van der Waals surface area contributed by atoms with Crippen molar-refractivity contribution in [1.29, 1.82) is 0 Å². The van der Waals surface area contributed by atoms with Crippen LogP contribution in [0.15, 0.2) is 35.7 Å². The molecule has 24 heavy (non-hydrogen) atoms. The van der Waals surface area contributed by atoms with Gasteiger partial charge in [0.05, 0.1) is 17.9 Å². The predicted octanol–water partition coefficient (Wildman–Crippen LogP) is 3.85. The van der Waals surface area contributed by atoms with Gasteiger partial charge in [-0.3, -0.25) is 9.59 Å². The number of rotatable bonds is 9. The minimum Gasteiger partial charge on any atom is -0.481 e. The number of carbonyl (C=O) groups excluding carboxylic acids is 1. The van der Waals surface area contributed by atoms with Crippen molar-refractivity contribution in [2.24, 2.45) is 0 Å². The van der Waals surface area contributed by atoms with Gasteiger partial charge < -0.3 is 15.2 Å². The van der Waals surface area contributed by atoms with Crippen molar-refractivity contribution >= 4 is 40.7 Å². The van der Waals surface area contributed by atoms with Crippen LogP contribution < -0.4 is 5.32 Å². The molecule has 128 valence electrons. The molecule has 1 heterocycles. The summed E-state index contributed by atoms with van der Waals surface area (Å²) in [6, 6.07) is 9.49. The fourth-order valence-electron chi connectivity index (χ4n) is 2.08. The zero-order valence-electron chi connectivity index (χ0n) is 13.3. The maximum Gasteiger partial charge on any atom is 0.304 e. The highest BCUT2D eigenvalue weighted by molar-refractivity contribution is 7.98. The van der Waals surface area contributed by atoms with E-state index in [1.807, 2.05) is 35.7 Å². The van der Waals surface area contributed by atoms with E-state index in [0.717, 1.165) is 16.8 Å². The van der Waals surface area contributed by atoms with E-state index in [-0.39, 0.29) is 12.3 Å². The Labute approximate surface area is 149 Å². The molecule has 1 amide bonds. The smallest absolute Gasteiger partial charge is 0.304 e. The molecule has 0 saturated carbocycles. The number of thioether (sulfide) groups is 1. The average molecular weight is 365 g/mol. The Kier molecular flexibility index (Phi) is 7.30. The van der Waals surface area contributed by atoms with Crippen molar-refractivity contribution in [3.63, 3.8) is 0 Å². The first kappa shape index (κ1) is 18.5. The molecule has 0 atom stereocenters. The van der Waals surface area contributed by atoms with Gasteiger partial charge in [-0.1, -0.05) is 12.1 Å². The second kappa shape index (κ2) is 9.46. The van der Waals surface area contributed by atoms with Crippen LogP contribution in [0.5, 0.6) is 0 Å². The summed E-state index contributed by atoms with van der Waals surface area (Å²) < 4.78 is 5.10. The van der Waals surface area contributed by atoms with Crippen LogP contribution in [0.2, 0.25) is 0 Å². The molecule has 0 unspecified atom stereocenters. The molecule has 0 aliphatic carbocycles. The van der Waals surface area contributed by atoms with E-state index in [9.17, 15) is 9.59 Å². The number of benzene rings is 1. The number of methoxy groups -OCH3 is 1. The van der Waals surface area contributed by atoms with Gasteiger partial charge in [-0.05, 0) is 29.1 Å². The van der Waals surface area contributed by atoms with Crippen LogP contribution in [-0.2, 0) is 21.9 Å². The number of hydrogen-bond acceptors (Lipinski definition) is 5. The van der Waals surface area contributed by atoms with Crippen molar-refractivity contribution in [2.45, 2.75) is 18.8 Å². The normalized spacial score (nSPS) is 10.5. The Bertz CT molecular complexity index is 699. The van der Waals surface area contributed by atoms with Gasteiger partial charge in [0, 0.05) is 29.9 Å². The lowest BCUT2D eigenvalue weighted by Crippen LogP contribution is -2.12. The van der Waals surface area contributed by atoms with Crippen molar-refractivity contribution in [3.8, 4) is 0 Å². The molecule has 0 aliphatic heterocycles. The van der Waals surface area contributed by atoms with Gasteiger partial charge in [-0.2, -0.15) is 11.8 Å². The van der Waals surface area contributed by atoms with Crippen LogP contribution in [0.4, 0.5) is 5.69 Å². The van der Waals surface area contributed by atoms with Gasteiger partial charge in [0.1, 0.15) is 0 Å². The lowest BCUT2D eigenvalue weighted by Gasteiger charge is -2.08. The number of ether oxygens (including phenoxy) is 1. The number of amides is 1. The molecule has 0 fully saturated rings. The highest BCUT2D eigenvalue weighted by Gasteiger charge is 2.13. The highest BCUT2D eigenvalue weighted by atomic mass is 32.2. The van der Waals surface area contributed by atoms with Crippen LogP contribution in [0, 0.1) is 0 Å². The van der Waals surface area contributed by atoms with Gasteiger partial charge >= 0.3 is 5.97 Å². The summed E-state index contributed by atoms with van der Waals surface area (Å²) in [5.74, 6) is 0.353. The highest BCUT2D eigenvalue weighted by Crippen LogP contribution is 2.21. The third-order valence-corrected chi connectivity index (χ3v) is 5.15. The van der Waals surface area contributed by atoms with E-state index in [1.54, 1.807) is 18.9 Å². The fraction of sp³-hybridized carbons (Fsp3) is 0.294. The summed E-state index contributed by atoms with van der Waals surface area (Å²) in [6.07, 6.45) is 0.155. The third kappa shape index (κ3) is 5.67. The molecule has 0 bridgehead atoms. The van der Waals surface area contributed by atoms with Crippen molar-refractivity contribution in [3.05, 3.63) is 51.7 Å². The zero-order valence-corrected chi connectivity index (χ0v) is 14.9. The van der Waals surface area contributed by atoms with E-state index in [0.29, 0.717) is 23.0 Å². The molecule has 2 aromatic rings. The van der Waals surface area contributed by atoms with E-state index in [4.69, 9.17) is 9.84 Å². The SMILES string of the molecule is COCc1ccsc1C(=O)Nc1cccc(CSCCC(=O)O)c1. The monoisotopic (exact) mass is 365 g/mol. The molecule has 0 radical (unpaired) electrons. The number of anilines is 1. The molecule has 0 aliphatic rings. The minimum atomic E-state index is -0.786. The van der Waals surface area contributed by atoms with E-state index in [1.165, 1.54) is 11.3 Å². The first-order valence-electron chi connectivity index (χ1n) is 7.35. The molecule has 2 N–H and O–H groups in total. The van der Waals surface area contributed by atoms with Gasteiger partial charge in [-0.25, -0.2) is 0 Å². The van der Waals surface area contributed by atoms with Crippen LogP contribution in [0.3, 0.4) is 0 Å². The standard InChI is InChI=1S/C17H19NO4S2/c1-22-10-13-5-8-24-16(13)17(21)18-14-4-2-3-12(9-14)11-23-7-6-15(19)20/h2-5,8-9H,6-7,10-11H2,1H3,(H,18,21)(H,19,20). The van der Waals surface area contributed by atoms with E-state index in [2.05, 4.69) is 5.32 Å². The van der Waals surface area contributed by atoms with Gasteiger partial charge in [-0.15, -0.1) is 11.3 Å². The number of nitrogens with one attached hydrogen (secondary N) is 1. The fourth-order valence-corrected chi connectivity index (χ4v) is 3.76. The summed E-state index contributed by atoms with van der Waals surface area (Å²) in [6.45, 7) is 0.409. The molecule has 0 saturated heterocycles. The number of carboxylic acid groups (broad SMARTS) is 1. The van der Waals surface area contributed by atoms with Crippen molar-refractivity contribution in [1.82, 2.24) is 0 Å². The van der Waals surface area contributed by atoms with Crippen molar-refractivity contribution < 1.29 is 19.4 Å². The summed E-state index contributed by atoms with van der Waals surface area (Å²) in [4.78, 5) is 23.5. The summed E-state index contributed by atoms with van der Waals surface area (Å²) in [5.41, 5.74) is 2.65. The zero-order chi connectivity index (χ0) is 17.4. The molecular formula is C17H19NO4S2. The Morgan fingerprint density at radius 1 is 1.33 bits per heavy atom. The minimum absolute atomic E-state index is 0.146. The number of carbonyl (C=O) groups is 2. The molecular weight excluding hydrogens is 346 g/mol. The summed E-state index contributed by atoms with van der Waals surface area (Å²) >= 11 is 2.95. The van der Waals surface area contributed by atoms with E-state index >= 15 is 0 Å². The summed E-state index contributed by atoms with van der Waals surface area (Å²) in [5, 5.41) is 13.4. The Morgan fingerprint density at radius 2 is 2.17 bits per heavy atom. The summed E-state index contributed by atoms with van der Waals surface area (Å²) in [7, 11) is 1.60. The van der Waals surface area contributed by atoms with Crippen LogP contribution in [0.25, 0.3) is 0 Å². The number of aliphatic carboxylic acids is 1. The third-order valence-electron chi connectivity index (χ3n) is 3.17. The lowest BCUT2D eigenvalue weighted by atomic mass is 10.2. The van der Waals surface area contributed by atoms with Gasteiger partial charge in [0.15, 0.2) is 0 Å². The van der Waals surface area contributed by atoms with Gasteiger partial charge in [0.2, 0.25) is 0 Å². The van der Waals surface area contributed by atoms with Gasteiger partial charge in [0.25, 0.3) is 5.91 Å². The quantitative estimate of drug-likeness (QED) is 0.660. The maximum absolute atomic E-state index is 12.4. The first-order chi connectivity index (χ1) is 11.6. The van der Waals surface area contributed by atoms with Crippen LogP contribution in [-0.4, -0.2) is 29.8 Å². The molecule has 1 aromatic carbocycles. The number of carboxylic acids is 1. The van der Waals surface area contributed by atoms with Crippen LogP contribution >= 0.6 is 23.1 Å². The Balaban J connectivity index is 1.94. The van der Waals surface area contributed by atoms with Crippen LogP contribution in [0.1, 0.15) is 27.2 Å². The molecule has 7 heteroatoms. The second-order valence-corrected chi connectivity index (χ2v) is 7.08. The Hall–Kier alpha value is -1.83. The first-order valence-corrected chi connectivity index (χ1v) is 9.38. The maximum atomic E-state index is 12.4. The van der Waals surface area contributed by atoms with Crippen molar-refractivity contribution in [2.75, 3.05) is 18.2 Å². The topological polar surface area (TPSA) is 75.6 Å². The molecule has 2 rings (SSSR count). The number of thiophene rings is 1. The number of hydrogen-bond donors (Lipinski definition) is 2.